The zero-order chi connectivity index (χ0) is 16.7. The topological polar surface area (TPSA) is 38.3 Å². The van der Waals surface area contributed by atoms with Crippen molar-refractivity contribution in [1.29, 1.82) is 0 Å². The molecule has 0 aromatic heterocycles. The molecule has 5 rings (SSSR count). The SMILES string of the molecule is C=C(C)COc1ccc(NC(=O)C23CC4CC(CC(C4)C2)C3)cc1. The molecule has 1 N–H and O–H groups in total. The first-order valence-electron chi connectivity index (χ1n) is 9.21. The van der Waals surface area contributed by atoms with Crippen molar-refractivity contribution >= 4 is 11.6 Å². The van der Waals surface area contributed by atoms with E-state index < -0.39 is 0 Å². The second-order valence-electron chi connectivity index (χ2n) is 8.42. The maximum absolute atomic E-state index is 13.0. The number of benzene rings is 1. The minimum atomic E-state index is -0.0934. The average Bonchev–Trinajstić information content (AvgIpc) is 2.53. The average molecular weight is 325 g/mol. The molecular formula is C21H27NO2. The van der Waals surface area contributed by atoms with Gasteiger partial charge in [0.15, 0.2) is 0 Å². The van der Waals surface area contributed by atoms with Crippen molar-refractivity contribution in [3.8, 4) is 5.75 Å². The molecule has 0 heterocycles. The van der Waals surface area contributed by atoms with E-state index in [1.165, 1.54) is 19.3 Å². The van der Waals surface area contributed by atoms with E-state index in [2.05, 4.69) is 11.9 Å². The Morgan fingerprint density at radius 2 is 1.67 bits per heavy atom. The van der Waals surface area contributed by atoms with Crippen molar-refractivity contribution in [3.05, 3.63) is 36.4 Å². The second-order valence-corrected chi connectivity index (χ2v) is 8.42. The summed E-state index contributed by atoms with van der Waals surface area (Å²) >= 11 is 0. The van der Waals surface area contributed by atoms with Gasteiger partial charge in [-0.3, -0.25) is 4.79 Å². The van der Waals surface area contributed by atoms with Crippen LogP contribution in [-0.2, 0) is 4.79 Å². The maximum Gasteiger partial charge on any atom is 0.230 e. The molecular weight excluding hydrogens is 298 g/mol. The Morgan fingerprint density at radius 1 is 1.12 bits per heavy atom. The molecule has 4 fully saturated rings. The van der Waals surface area contributed by atoms with E-state index in [0.29, 0.717) is 6.61 Å². The summed E-state index contributed by atoms with van der Waals surface area (Å²) in [6.07, 6.45) is 7.39. The summed E-state index contributed by atoms with van der Waals surface area (Å²) in [5.74, 6) is 3.43. The molecule has 24 heavy (non-hydrogen) atoms. The Hall–Kier alpha value is -1.77. The molecule has 3 nitrogen and oxygen atoms in total. The Balaban J connectivity index is 1.42. The van der Waals surface area contributed by atoms with Crippen molar-refractivity contribution in [2.45, 2.75) is 45.4 Å². The first-order valence-corrected chi connectivity index (χ1v) is 9.21. The number of carbonyl (C=O) groups is 1. The fraction of sp³-hybridized carbons (Fsp3) is 0.571. The molecule has 0 radical (unpaired) electrons. The van der Waals surface area contributed by atoms with Crippen LogP contribution in [0.2, 0.25) is 0 Å². The summed E-state index contributed by atoms with van der Waals surface area (Å²) in [7, 11) is 0. The highest BCUT2D eigenvalue weighted by atomic mass is 16.5. The molecule has 4 saturated carbocycles. The molecule has 0 unspecified atom stereocenters. The van der Waals surface area contributed by atoms with Crippen LogP contribution in [-0.4, -0.2) is 12.5 Å². The normalized spacial score (nSPS) is 33.3. The number of rotatable bonds is 5. The summed E-state index contributed by atoms with van der Waals surface area (Å²) in [6, 6.07) is 7.70. The maximum atomic E-state index is 13.0. The molecule has 128 valence electrons. The van der Waals surface area contributed by atoms with Gasteiger partial charge in [0.05, 0.1) is 5.41 Å². The monoisotopic (exact) mass is 325 g/mol. The standard InChI is InChI=1S/C21H27NO2/c1-14(2)13-24-19-5-3-18(4-6-19)22-20(23)21-10-15-7-16(11-21)9-17(8-15)12-21/h3-6,15-17H,1,7-13H2,2H3,(H,22,23). The summed E-state index contributed by atoms with van der Waals surface area (Å²) in [5, 5.41) is 3.18. The van der Waals surface area contributed by atoms with E-state index in [1.807, 2.05) is 31.2 Å². The molecule has 4 aliphatic rings. The fourth-order valence-corrected chi connectivity index (χ4v) is 5.49. The van der Waals surface area contributed by atoms with E-state index in [0.717, 1.165) is 54.0 Å². The predicted molar refractivity (Wildman–Crippen MR) is 96.0 cm³/mol. The molecule has 1 amide bonds. The largest absolute Gasteiger partial charge is 0.489 e. The van der Waals surface area contributed by atoms with Crippen LogP contribution in [0.15, 0.2) is 36.4 Å². The van der Waals surface area contributed by atoms with Gasteiger partial charge in [0.1, 0.15) is 12.4 Å². The van der Waals surface area contributed by atoms with Crippen LogP contribution in [0.3, 0.4) is 0 Å². The Morgan fingerprint density at radius 3 is 2.17 bits per heavy atom. The third-order valence-electron chi connectivity index (χ3n) is 6.12. The lowest BCUT2D eigenvalue weighted by Crippen LogP contribution is -2.51. The van der Waals surface area contributed by atoms with Crippen molar-refractivity contribution < 1.29 is 9.53 Å². The summed E-state index contributed by atoms with van der Waals surface area (Å²) in [4.78, 5) is 13.0. The van der Waals surface area contributed by atoms with Gasteiger partial charge in [-0.2, -0.15) is 0 Å². The molecule has 0 saturated heterocycles. The lowest BCUT2D eigenvalue weighted by molar-refractivity contribution is -0.140. The number of amides is 1. The summed E-state index contributed by atoms with van der Waals surface area (Å²) in [6.45, 7) is 6.31. The predicted octanol–water partition coefficient (Wildman–Crippen LogP) is 4.80. The zero-order valence-electron chi connectivity index (χ0n) is 14.5. The van der Waals surface area contributed by atoms with Crippen LogP contribution in [0.4, 0.5) is 5.69 Å². The van der Waals surface area contributed by atoms with Gasteiger partial charge in [-0.05, 0) is 93.0 Å². The number of hydrogen-bond acceptors (Lipinski definition) is 2. The second kappa shape index (κ2) is 5.94. The van der Waals surface area contributed by atoms with Crippen LogP contribution in [0, 0.1) is 23.2 Å². The molecule has 1 aromatic rings. The third kappa shape index (κ3) is 2.97. The van der Waals surface area contributed by atoms with Crippen LogP contribution < -0.4 is 10.1 Å². The number of anilines is 1. The van der Waals surface area contributed by atoms with Crippen molar-refractivity contribution in [1.82, 2.24) is 0 Å². The highest BCUT2D eigenvalue weighted by molar-refractivity contribution is 5.95. The smallest absolute Gasteiger partial charge is 0.230 e. The molecule has 0 atom stereocenters. The Bertz CT molecular complexity index is 611. The minimum Gasteiger partial charge on any atom is -0.489 e. The van der Waals surface area contributed by atoms with Gasteiger partial charge in [-0.1, -0.05) is 6.58 Å². The van der Waals surface area contributed by atoms with Crippen LogP contribution >= 0.6 is 0 Å². The molecule has 0 aliphatic heterocycles. The van der Waals surface area contributed by atoms with Crippen LogP contribution in [0.5, 0.6) is 5.75 Å². The van der Waals surface area contributed by atoms with Crippen LogP contribution in [0.1, 0.15) is 45.4 Å². The van der Waals surface area contributed by atoms with E-state index in [1.54, 1.807) is 0 Å². The Labute approximate surface area is 144 Å². The van der Waals surface area contributed by atoms with E-state index in [-0.39, 0.29) is 11.3 Å². The van der Waals surface area contributed by atoms with Crippen molar-refractivity contribution in [2.24, 2.45) is 23.2 Å². The van der Waals surface area contributed by atoms with E-state index in [9.17, 15) is 4.79 Å². The molecule has 0 spiro atoms. The van der Waals surface area contributed by atoms with Gasteiger partial charge in [0.25, 0.3) is 0 Å². The third-order valence-corrected chi connectivity index (χ3v) is 6.12. The van der Waals surface area contributed by atoms with Crippen LogP contribution in [0.25, 0.3) is 0 Å². The van der Waals surface area contributed by atoms with Gasteiger partial charge < -0.3 is 10.1 Å². The highest BCUT2D eigenvalue weighted by Gasteiger charge is 2.54. The lowest BCUT2D eigenvalue weighted by atomic mass is 9.49. The van der Waals surface area contributed by atoms with E-state index in [4.69, 9.17) is 4.74 Å². The molecule has 1 aromatic carbocycles. The first kappa shape index (κ1) is 15.7. The van der Waals surface area contributed by atoms with Gasteiger partial charge in [0, 0.05) is 5.69 Å². The number of nitrogens with one attached hydrogen (secondary N) is 1. The van der Waals surface area contributed by atoms with E-state index >= 15 is 0 Å². The quantitative estimate of drug-likeness (QED) is 0.790. The number of ether oxygens (including phenoxy) is 1. The first-order chi connectivity index (χ1) is 11.5. The van der Waals surface area contributed by atoms with Crippen molar-refractivity contribution in [2.75, 3.05) is 11.9 Å². The minimum absolute atomic E-state index is 0.0934. The molecule has 4 bridgehead atoms. The van der Waals surface area contributed by atoms with Gasteiger partial charge in [0.2, 0.25) is 5.91 Å². The number of hydrogen-bond donors (Lipinski definition) is 1. The Kier molecular flexibility index (Phi) is 3.90. The van der Waals surface area contributed by atoms with Gasteiger partial charge in [-0.25, -0.2) is 0 Å². The summed E-state index contributed by atoms with van der Waals surface area (Å²) in [5.41, 5.74) is 1.77. The fourth-order valence-electron chi connectivity index (χ4n) is 5.49. The van der Waals surface area contributed by atoms with Crippen molar-refractivity contribution in [3.63, 3.8) is 0 Å². The number of carbonyl (C=O) groups excluding carboxylic acids is 1. The molecule has 3 heteroatoms. The molecule has 4 aliphatic carbocycles. The zero-order valence-corrected chi connectivity index (χ0v) is 14.5. The summed E-state index contributed by atoms with van der Waals surface area (Å²) < 4.78 is 5.62. The highest BCUT2D eigenvalue weighted by Crippen LogP contribution is 2.60. The lowest BCUT2D eigenvalue weighted by Gasteiger charge is -2.55. The van der Waals surface area contributed by atoms with Gasteiger partial charge >= 0.3 is 0 Å². The van der Waals surface area contributed by atoms with Gasteiger partial charge in [-0.15, -0.1) is 0 Å².